The van der Waals surface area contributed by atoms with Gasteiger partial charge in [-0.25, -0.2) is 8.78 Å². The lowest BCUT2D eigenvalue weighted by atomic mass is 10.1. The van der Waals surface area contributed by atoms with Gasteiger partial charge in [-0.2, -0.15) is 17.6 Å². The van der Waals surface area contributed by atoms with E-state index in [-0.39, 0.29) is 0 Å². The lowest BCUT2D eigenvalue weighted by molar-refractivity contribution is -0.142. The van der Waals surface area contributed by atoms with Gasteiger partial charge >= 0.3 is 6.18 Å². The molecule has 0 radical (unpaired) electrons. The second-order valence-corrected chi connectivity index (χ2v) is 2.58. The second kappa shape index (κ2) is 3.21. The highest BCUT2D eigenvalue weighted by Gasteiger charge is 2.41. The van der Waals surface area contributed by atoms with Crippen LogP contribution in [0.15, 0.2) is 0 Å². The van der Waals surface area contributed by atoms with Crippen molar-refractivity contribution in [2.45, 2.75) is 6.18 Å². The molecule has 0 bridgehead atoms. The monoisotopic (exact) mass is 231 g/mol. The Morgan fingerprint density at radius 1 is 0.933 bits per heavy atom. The van der Waals surface area contributed by atoms with Crippen molar-refractivity contribution in [3.05, 3.63) is 23.0 Å². The highest BCUT2D eigenvalue weighted by atomic mass is 19.4. The van der Waals surface area contributed by atoms with Gasteiger partial charge in [0, 0.05) is 0 Å². The molecule has 0 amide bonds. The van der Waals surface area contributed by atoms with Gasteiger partial charge < -0.3 is 10.8 Å². The van der Waals surface area contributed by atoms with Crippen LogP contribution in [-0.2, 0) is 6.18 Å². The van der Waals surface area contributed by atoms with Crippen LogP contribution in [-0.4, -0.2) is 5.11 Å². The van der Waals surface area contributed by atoms with Crippen LogP contribution in [0.2, 0.25) is 0 Å². The largest absolute Gasteiger partial charge is 0.503 e. The van der Waals surface area contributed by atoms with Crippen LogP contribution in [0, 0.1) is 17.5 Å². The van der Waals surface area contributed by atoms with E-state index in [9.17, 15) is 26.3 Å². The van der Waals surface area contributed by atoms with Gasteiger partial charge in [-0.3, -0.25) is 0 Å². The fourth-order valence-electron chi connectivity index (χ4n) is 0.916. The summed E-state index contributed by atoms with van der Waals surface area (Å²) < 4.78 is 74.1. The number of nitrogen functional groups attached to an aromatic ring is 1. The maximum absolute atomic E-state index is 12.8. The van der Waals surface area contributed by atoms with Crippen LogP contribution in [0.25, 0.3) is 0 Å². The Bertz CT molecular complexity index is 384. The first-order chi connectivity index (χ1) is 6.68. The molecule has 0 aliphatic heterocycles. The van der Waals surface area contributed by atoms with Crippen molar-refractivity contribution < 1.29 is 31.4 Å². The third-order valence-corrected chi connectivity index (χ3v) is 1.61. The number of halogens is 6. The summed E-state index contributed by atoms with van der Waals surface area (Å²) in [6.45, 7) is 0. The fraction of sp³-hybridized carbons (Fsp3) is 0.143. The number of phenols is 1. The highest BCUT2D eigenvalue weighted by Crippen LogP contribution is 2.40. The average Bonchev–Trinajstić information content (AvgIpc) is 2.09. The normalized spacial score (nSPS) is 11.9. The number of benzene rings is 1. The zero-order chi connectivity index (χ0) is 12.0. The molecule has 1 rings (SSSR count). The van der Waals surface area contributed by atoms with Crippen molar-refractivity contribution in [1.29, 1.82) is 0 Å². The lowest BCUT2D eigenvalue weighted by Gasteiger charge is -2.12. The SMILES string of the molecule is Nc1c(O)c(F)c(F)c(C(F)(F)F)c1F. The Hall–Kier alpha value is -1.60. The first kappa shape index (κ1) is 11.5. The standard InChI is InChI=1S/C7H3F6NO/c8-2-1(7(11,12)13)3(9)5(14)6(15)4(2)10/h15H,14H2. The van der Waals surface area contributed by atoms with Gasteiger partial charge in [0.2, 0.25) is 5.82 Å². The van der Waals surface area contributed by atoms with E-state index in [4.69, 9.17) is 5.11 Å². The molecule has 15 heavy (non-hydrogen) atoms. The summed E-state index contributed by atoms with van der Waals surface area (Å²) >= 11 is 0. The number of alkyl halides is 3. The summed E-state index contributed by atoms with van der Waals surface area (Å²) in [6.07, 6.45) is -5.43. The van der Waals surface area contributed by atoms with E-state index in [2.05, 4.69) is 5.73 Å². The van der Waals surface area contributed by atoms with E-state index < -0.39 is 40.6 Å². The maximum atomic E-state index is 12.8. The Morgan fingerprint density at radius 2 is 1.40 bits per heavy atom. The Balaban J connectivity index is 3.68. The van der Waals surface area contributed by atoms with E-state index in [0.717, 1.165) is 0 Å². The van der Waals surface area contributed by atoms with Crippen LogP contribution in [0.3, 0.4) is 0 Å². The van der Waals surface area contributed by atoms with Gasteiger partial charge in [-0.05, 0) is 0 Å². The molecule has 0 spiro atoms. The third kappa shape index (κ3) is 1.66. The van der Waals surface area contributed by atoms with E-state index in [1.54, 1.807) is 0 Å². The summed E-state index contributed by atoms with van der Waals surface area (Å²) in [4.78, 5) is 0. The molecule has 8 heteroatoms. The molecule has 84 valence electrons. The molecular formula is C7H3F6NO. The lowest BCUT2D eigenvalue weighted by Crippen LogP contribution is -2.15. The topological polar surface area (TPSA) is 46.2 Å². The Labute approximate surface area is 78.9 Å². The molecule has 0 unspecified atom stereocenters. The molecule has 0 atom stereocenters. The maximum Gasteiger partial charge on any atom is 0.422 e. The molecule has 3 N–H and O–H groups in total. The molecule has 0 aliphatic carbocycles. The van der Waals surface area contributed by atoms with Crippen molar-refractivity contribution in [1.82, 2.24) is 0 Å². The summed E-state index contributed by atoms with van der Waals surface area (Å²) in [5.41, 5.74) is 0.670. The fourth-order valence-corrected chi connectivity index (χ4v) is 0.916. The van der Waals surface area contributed by atoms with E-state index in [1.165, 1.54) is 0 Å². The zero-order valence-electron chi connectivity index (χ0n) is 6.79. The molecule has 1 aromatic carbocycles. The van der Waals surface area contributed by atoms with Gasteiger partial charge in [-0.15, -0.1) is 0 Å². The van der Waals surface area contributed by atoms with Gasteiger partial charge in [0.05, 0.1) is 0 Å². The molecule has 1 aromatic rings. The number of rotatable bonds is 0. The molecule has 0 saturated heterocycles. The van der Waals surface area contributed by atoms with E-state index in [0.29, 0.717) is 0 Å². The minimum Gasteiger partial charge on any atom is -0.503 e. The predicted octanol–water partition coefficient (Wildman–Crippen LogP) is 2.41. The molecule has 0 aliphatic rings. The van der Waals surface area contributed by atoms with Crippen LogP contribution < -0.4 is 5.73 Å². The van der Waals surface area contributed by atoms with Crippen molar-refractivity contribution in [2.24, 2.45) is 0 Å². The van der Waals surface area contributed by atoms with E-state index >= 15 is 0 Å². The number of hydrogen-bond donors (Lipinski definition) is 2. The van der Waals surface area contributed by atoms with Gasteiger partial charge in [0.25, 0.3) is 0 Å². The molecule has 0 fully saturated rings. The summed E-state index contributed by atoms with van der Waals surface area (Å²) in [5.74, 6) is -8.68. The van der Waals surface area contributed by atoms with Crippen LogP contribution in [0.1, 0.15) is 5.56 Å². The highest BCUT2D eigenvalue weighted by molar-refractivity contribution is 5.56. The van der Waals surface area contributed by atoms with Crippen molar-refractivity contribution in [3.8, 4) is 5.75 Å². The molecule has 0 aromatic heterocycles. The molecular weight excluding hydrogens is 228 g/mol. The number of anilines is 1. The minimum atomic E-state index is -5.43. The minimum absolute atomic E-state index is 1.48. The molecule has 2 nitrogen and oxygen atoms in total. The quantitative estimate of drug-likeness (QED) is 0.311. The summed E-state index contributed by atoms with van der Waals surface area (Å²) in [6, 6.07) is 0. The van der Waals surface area contributed by atoms with Crippen LogP contribution >= 0.6 is 0 Å². The van der Waals surface area contributed by atoms with Gasteiger partial charge in [-0.1, -0.05) is 0 Å². The average molecular weight is 231 g/mol. The number of hydrogen-bond acceptors (Lipinski definition) is 2. The Morgan fingerprint density at radius 3 is 1.80 bits per heavy atom. The van der Waals surface area contributed by atoms with Gasteiger partial charge in [0.15, 0.2) is 17.4 Å². The van der Waals surface area contributed by atoms with Crippen molar-refractivity contribution in [2.75, 3.05) is 5.73 Å². The number of phenolic OH excluding ortho intramolecular Hbond substituents is 1. The zero-order valence-corrected chi connectivity index (χ0v) is 6.79. The molecule has 0 saturated carbocycles. The van der Waals surface area contributed by atoms with Crippen LogP contribution in [0.4, 0.5) is 32.0 Å². The van der Waals surface area contributed by atoms with E-state index in [1.807, 2.05) is 0 Å². The smallest absolute Gasteiger partial charge is 0.422 e. The van der Waals surface area contributed by atoms with Gasteiger partial charge in [0.1, 0.15) is 11.3 Å². The molecule has 0 heterocycles. The Kier molecular flexibility index (Phi) is 2.46. The van der Waals surface area contributed by atoms with Crippen molar-refractivity contribution in [3.63, 3.8) is 0 Å². The van der Waals surface area contributed by atoms with Crippen LogP contribution in [0.5, 0.6) is 5.75 Å². The first-order valence-corrected chi connectivity index (χ1v) is 3.40. The third-order valence-electron chi connectivity index (χ3n) is 1.61. The predicted molar refractivity (Wildman–Crippen MR) is 37.4 cm³/mol. The first-order valence-electron chi connectivity index (χ1n) is 3.40. The summed E-state index contributed by atoms with van der Waals surface area (Å²) in [7, 11) is 0. The van der Waals surface area contributed by atoms with Crippen molar-refractivity contribution >= 4 is 5.69 Å². The second-order valence-electron chi connectivity index (χ2n) is 2.58. The number of aromatic hydroxyl groups is 1. The number of nitrogens with two attached hydrogens (primary N) is 1. The summed E-state index contributed by atoms with van der Waals surface area (Å²) in [5, 5.41) is 8.61.